The van der Waals surface area contributed by atoms with Crippen molar-refractivity contribution in [3.63, 3.8) is 0 Å². The van der Waals surface area contributed by atoms with Gasteiger partial charge in [0.15, 0.2) is 5.78 Å². The van der Waals surface area contributed by atoms with Gasteiger partial charge in [-0.05, 0) is 57.2 Å². The topological polar surface area (TPSA) is 116 Å². The van der Waals surface area contributed by atoms with E-state index in [1.807, 2.05) is 0 Å². The lowest BCUT2D eigenvalue weighted by atomic mass is 10.0. The molecule has 3 aromatic rings. The van der Waals surface area contributed by atoms with Crippen LogP contribution in [0.3, 0.4) is 0 Å². The van der Waals surface area contributed by atoms with Gasteiger partial charge in [0, 0.05) is 30.1 Å². The van der Waals surface area contributed by atoms with Crippen molar-refractivity contribution >= 4 is 35.0 Å². The number of fused-ring (bicyclic) bond motifs is 1. The second kappa shape index (κ2) is 9.21. The van der Waals surface area contributed by atoms with Gasteiger partial charge >= 0.3 is 6.09 Å². The van der Waals surface area contributed by atoms with Crippen LogP contribution in [0.1, 0.15) is 43.7 Å². The Balaban J connectivity index is 1.77. The van der Waals surface area contributed by atoms with Crippen LogP contribution in [0.15, 0.2) is 42.6 Å². The van der Waals surface area contributed by atoms with Crippen LogP contribution in [-0.2, 0) is 16.1 Å². The Morgan fingerprint density at radius 3 is 2.51 bits per heavy atom. The van der Waals surface area contributed by atoms with Crippen molar-refractivity contribution < 1.29 is 23.5 Å². The summed E-state index contributed by atoms with van der Waals surface area (Å²) in [6.45, 7) is 6.65. The molecular weight excluding hydrogens is 453 g/mol. The molecule has 1 aromatic carbocycles. The lowest BCUT2D eigenvalue weighted by Crippen LogP contribution is -2.42. The number of halogens is 1. The number of benzene rings is 1. The first kappa shape index (κ1) is 23.9. The van der Waals surface area contributed by atoms with Gasteiger partial charge in [-0.1, -0.05) is 0 Å². The van der Waals surface area contributed by atoms with Crippen molar-refractivity contribution in [2.75, 3.05) is 17.2 Å². The first-order valence-electron chi connectivity index (χ1n) is 11.0. The van der Waals surface area contributed by atoms with E-state index in [1.54, 1.807) is 45.0 Å². The Bertz CT molecular complexity index is 1290. The average Bonchev–Trinajstić information content (AvgIpc) is 3.12. The Hall–Kier alpha value is -4.21. The van der Waals surface area contributed by atoms with Gasteiger partial charge in [0.2, 0.25) is 5.91 Å². The number of hydrogen-bond acceptors (Lipinski definition) is 6. The molecule has 0 saturated heterocycles. The second-order valence-corrected chi connectivity index (χ2v) is 9.23. The van der Waals surface area contributed by atoms with E-state index in [-0.39, 0.29) is 30.6 Å². The smallest absolute Gasteiger partial charge is 0.411 e. The Labute approximate surface area is 201 Å². The van der Waals surface area contributed by atoms with Crippen LogP contribution < -0.4 is 10.6 Å². The summed E-state index contributed by atoms with van der Waals surface area (Å²) in [7, 11) is 0. The van der Waals surface area contributed by atoms with E-state index in [2.05, 4.69) is 20.6 Å². The number of hydrogen-bond donors (Lipinski definition) is 3. The van der Waals surface area contributed by atoms with Crippen LogP contribution in [0, 0.1) is 5.82 Å². The number of nitrogens with one attached hydrogen (secondary N) is 3. The zero-order valence-corrected chi connectivity index (χ0v) is 19.9. The van der Waals surface area contributed by atoms with Gasteiger partial charge in [0.1, 0.15) is 17.2 Å². The fraction of sp³-hybridized carbons (Fsp3) is 0.280. The highest BCUT2D eigenvalue weighted by Gasteiger charge is 2.34. The number of aromatic amines is 1. The number of pyridine rings is 1. The Kier molecular flexibility index (Phi) is 6.29. The molecule has 0 unspecified atom stereocenters. The molecule has 10 heteroatoms. The number of nitrogens with zero attached hydrogens (tertiary/aromatic N) is 2. The maximum Gasteiger partial charge on any atom is 0.411 e. The van der Waals surface area contributed by atoms with E-state index in [1.165, 1.54) is 30.2 Å². The number of carbonyl (C=O) groups is 3. The summed E-state index contributed by atoms with van der Waals surface area (Å²) in [6.07, 6.45) is 0.953. The van der Waals surface area contributed by atoms with Gasteiger partial charge in [-0.2, -0.15) is 0 Å². The molecule has 0 aliphatic carbocycles. The van der Waals surface area contributed by atoms with E-state index >= 15 is 0 Å². The number of aromatic nitrogens is 2. The third-order valence-corrected chi connectivity index (χ3v) is 5.16. The molecule has 0 radical (unpaired) electrons. The maximum atomic E-state index is 13.5. The number of rotatable bonds is 4. The molecule has 182 valence electrons. The molecule has 4 rings (SSSR count). The molecule has 0 fully saturated rings. The third kappa shape index (κ3) is 5.48. The Morgan fingerprint density at radius 2 is 1.86 bits per heavy atom. The molecule has 1 aliphatic rings. The Morgan fingerprint density at radius 1 is 1.14 bits per heavy atom. The minimum atomic E-state index is -0.701. The van der Waals surface area contributed by atoms with Crippen LogP contribution in [0.5, 0.6) is 0 Å². The molecular formula is C25H26FN5O4. The van der Waals surface area contributed by atoms with Crippen molar-refractivity contribution in [2.24, 2.45) is 0 Å². The number of ether oxygens (including phenoxy) is 1. The normalized spacial score (nSPS) is 13.3. The molecule has 0 atom stereocenters. The quantitative estimate of drug-likeness (QED) is 0.493. The average molecular weight is 480 g/mol. The first-order chi connectivity index (χ1) is 16.5. The summed E-state index contributed by atoms with van der Waals surface area (Å²) < 4.78 is 18.9. The van der Waals surface area contributed by atoms with Gasteiger partial charge in [-0.25, -0.2) is 14.2 Å². The van der Waals surface area contributed by atoms with Crippen molar-refractivity contribution in [3.8, 4) is 11.3 Å². The number of H-pyrrole nitrogens is 1. The van der Waals surface area contributed by atoms with Crippen molar-refractivity contribution in [1.82, 2.24) is 14.9 Å². The van der Waals surface area contributed by atoms with Gasteiger partial charge in [-0.3, -0.25) is 14.5 Å². The fourth-order valence-corrected chi connectivity index (χ4v) is 3.79. The van der Waals surface area contributed by atoms with E-state index < -0.39 is 11.7 Å². The molecule has 2 amide bonds. The number of carbonyl (C=O) groups excluding carboxylic acids is 3. The molecule has 9 nitrogen and oxygen atoms in total. The summed E-state index contributed by atoms with van der Waals surface area (Å²) in [6, 6.07) is 9.16. The van der Waals surface area contributed by atoms with Crippen molar-refractivity contribution in [2.45, 2.75) is 39.8 Å². The molecule has 0 spiro atoms. The number of anilines is 3. The van der Waals surface area contributed by atoms with E-state index in [0.29, 0.717) is 39.7 Å². The van der Waals surface area contributed by atoms with Crippen LogP contribution in [0.2, 0.25) is 0 Å². The van der Waals surface area contributed by atoms with Gasteiger partial charge in [0.25, 0.3) is 0 Å². The molecule has 0 saturated carbocycles. The lowest BCUT2D eigenvalue weighted by molar-refractivity contribution is -0.114. The minimum absolute atomic E-state index is 0.137. The highest BCUT2D eigenvalue weighted by Crippen LogP contribution is 2.38. The largest absolute Gasteiger partial charge is 0.444 e. The van der Waals surface area contributed by atoms with Gasteiger partial charge < -0.3 is 20.4 Å². The first-order valence-corrected chi connectivity index (χ1v) is 11.0. The summed E-state index contributed by atoms with van der Waals surface area (Å²) >= 11 is 0. The van der Waals surface area contributed by atoms with E-state index in [0.717, 1.165) is 0 Å². The number of ketones is 1. The van der Waals surface area contributed by atoms with E-state index in [9.17, 15) is 18.8 Å². The monoisotopic (exact) mass is 479 g/mol. The predicted molar refractivity (Wildman–Crippen MR) is 129 cm³/mol. The standard InChI is InChI=1S/C25H26FN5O4/c1-14(32)28-20-11-15(9-10-27-20)22-23(29-17-7-5-16(26)6-8-17)21-18(30-22)12-31(13-19(21)33)24(34)35-25(2,3)4/h5-11,29-30H,12-13H2,1-4H3,(H,27,28,32). The number of amides is 2. The zero-order valence-electron chi connectivity index (χ0n) is 19.9. The molecule has 2 aromatic heterocycles. The summed E-state index contributed by atoms with van der Waals surface area (Å²) in [4.78, 5) is 46.1. The van der Waals surface area contributed by atoms with Crippen molar-refractivity contribution in [1.29, 1.82) is 0 Å². The number of Topliss-reactive ketones (excluding diaryl/α,β-unsaturated/α-hetero) is 1. The molecule has 0 bridgehead atoms. The fourth-order valence-electron chi connectivity index (χ4n) is 3.79. The highest BCUT2D eigenvalue weighted by atomic mass is 19.1. The third-order valence-electron chi connectivity index (χ3n) is 5.16. The van der Waals surface area contributed by atoms with Gasteiger partial charge in [-0.15, -0.1) is 0 Å². The van der Waals surface area contributed by atoms with Crippen LogP contribution in [0.25, 0.3) is 11.3 Å². The summed E-state index contributed by atoms with van der Waals surface area (Å²) in [5.74, 6) is -0.587. The molecule has 3 heterocycles. The molecule has 3 N–H and O–H groups in total. The SMILES string of the molecule is CC(=O)Nc1cc(-c2[nH]c3c(c2Nc2ccc(F)cc2)C(=O)CN(C(=O)OC(C)(C)C)C3)ccn1. The summed E-state index contributed by atoms with van der Waals surface area (Å²) in [5.41, 5.74) is 2.51. The molecule has 35 heavy (non-hydrogen) atoms. The molecule has 1 aliphatic heterocycles. The minimum Gasteiger partial charge on any atom is -0.444 e. The second-order valence-electron chi connectivity index (χ2n) is 9.23. The lowest BCUT2D eigenvalue weighted by Gasteiger charge is -2.29. The maximum absolute atomic E-state index is 13.5. The van der Waals surface area contributed by atoms with Crippen molar-refractivity contribution in [3.05, 3.63) is 59.7 Å². The summed E-state index contributed by atoms with van der Waals surface area (Å²) in [5, 5.41) is 5.86. The van der Waals surface area contributed by atoms with Crippen LogP contribution in [0.4, 0.5) is 26.4 Å². The predicted octanol–water partition coefficient (Wildman–Crippen LogP) is 4.85. The highest BCUT2D eigenvalue weighted by molar-refractivity contribution is 6.09. The van der Waals surface area contributed by atoms with Crippen LogP contribution in [-0.4, -0.2) is 44.8 Å². The van der Waals surface area contributed by atoms with Crippen LogP contribution >= 0.6 is 0 Å². The van der Waals surface area contributed by atoms with E-state index in [4.69, 9.17) is 4.74 Å². The zero-order chi connectivity index (χ0) is 25.3. The van der Waals surface area contributed by atoms with Gasteiger partial charge in [0.05, 0.1) is 30.0 Å².